The monoisotopic (exact) mass is 213 g/mol. The largest absolute Gasteiger partial charge is 0.481 e. The van der Waals surface area contributed by atoms with Crippen LogP contribution in [0.3, 0.4) is 0 Å². The molecule has 15 heavy (non-hydrogen) atoms. The minimum absolute atomic E-state index is 0.113. The van der Waals surface area contributed by atoms with Crippen molar-refractivity contribution in [3.05, 3.63) is 0 Å². The van der Waals surface area contributed by atoms with Crippen molar-refractivity contribution < 1.29 is 9.90 Å². The normalized spacial score (nSPS) is 26.7. The number of aliphatic carboxylic acids is 1. The summed E-state index contributed by atoms with van der Waals surface area (Å²) in [5.74, 6) is -0.686. The van der Waals surface area contributed by atoms with Crippen LogP contribution in [0.25, 0.3) is 0 Å². The van der Waals surface area contributed by atoms with Crippen molar-refractivity contribution in [3.8, 4) is 0 Å². The molecule has 0 aromatic carbocycles. The van der Waals surface area contributed by atoms with Crippen molar-refractivity contribution in [2.75, 3.05) is 39.3 Å². The van der Waals surface area contributed by atoms with Gasteiger partial charge < -0.3 is 15.7 Å². The molecule has 0 aromatic heterocycles. The highest BCUT2D eigenvalue weighted by Gasteiger charge is 2.43. The first-order chi connectivity index (χ1) is 7.23. The van der Waals surface area contributed by atoms with Gasteiger partial charge in [0, 0.05) is 32.7 Å². The topological polar surface area (TPSA) is 64.6 Å². The predicted molar refractivity (Wildman–Crippen MR) is 56.9 cm³/mol. The fourth-order valence-electron chi connectivity index (χ4n) is 2.48. The molecule has 5 nitrogen and oxygen atoms in total. The highest BCUT2D eigenvalue weighted by Crippen LogP contribution is 2.25. The summed E-state index contributed by atoms with van der Waals surface area (Å²) in [5, 5.41) is 15.5. The Hall–Kier alpha value is -0.650. The molecule has 2 aliphatic rings. The smallest absolute Gasteiger partial charge is 0.305 e. The molecule has 86 valence electrons. The highest BCUT2D eigenvalue weighted by molar-refractivity contribution is 5.68. The molecule has 0 aromatic rings. The number of carbonyl (C=O) groups is 1. The Labute approximate surface area is 89.8 Å². The van der Waals surface area contributed by atoms with E-state index in [-0.39, 0.29) is 12.0 Å². The zero-order valence-corrected chi connectivity index (χ0v) is 8.96. The SMILES string of the molecule is O=C(O)CC1(N2CCCNCC2)CNC1. The number of rotatable bonds is 3. The number of carboxylic acids is 1. The molecule has 3 N–H and O–H groups in total. The van der Waals surface area contributed by atoms with Crippen molar-refractivity contribution in [3.63, 3.8) is 0 Å². The van der Waals surface area contributed by atoms with Gasteiger partial charge in [-0.05, 0) is 13.0 Å². The lowest BCUT2D eigenvalue weighted by molar-refractivity contribution is -0.141. The summed E-state index contributed by atoms with van der Waals surface area (Å²) in [4.78, 5) is 13.2. The second-order valence-electron chi connectivity index (χ2n) is 4.49. The third-order valence-electron chi connectivity index (χ3n) is 3.40. The maximum atomic E-state index is 10.9. The van der Waals surface area contributed by atoms with Crippen LogP contribution in [0.1, 0.15) is 12.8 Å². The van der Waals surface area contributed by atoms with Crippen molar-refractivity contribution in [2.24, 2.45) is 0 Å². The van der Waals surface area contributed by atoms with E-state index in [1.165, 1.54) is 0 Å². The Morgan fingerprint density at radius 3 is 2.67 bits per heavy atom. The number of hydrogen-bond acceptors (Lipinski definition) is 4. The van der Waals surface area contributed by atoms with Gasteiger partial charge in [-0.3, -0.25) is 9.69 Å². The van der Waals surface area contributed by atoms with Gasteiger partial charge >= 0.3 is 5.97 Å². The van der Waals surface area contributed by atoms with E-state index in [4.69, 9.17) is 5.11 Å². The van der Waals surface area contributed by atoms with Crippen LogP contribution in [-0.4, -0.2) is 60.8 Å². The van der Waals surface area contributed by atoms with Gasteiger partial charge in [0.25, 0.3) is 0 Å². The molecule has 0 bridgehead atoms. The van der Waals surface area contributed by atoms with Gasteiger partial charge in [-0.2, -0.15) is 0 Å². The van der Waals surface area contributed by atoms with Crippen LogP contribution in [0.4, 0.5) is 0 Å². The fourth-order valence-corrected chi connectivity index (χ4v) is 2.48. The van der Waals surface area contributed by atoms with Crippen LogP contribution in [0.5, 0.6) is 0 Å². The van der Waals surface area contributed by atoms with E-state index in [0.29, 0.717) is 0 Å². The number of hydrogen-bond donors (Lipinski definition) is 3. The Morgan fingerprint density at radius 2 is 2.07 bits per heavy atom. The minimum atomic E-state index is -0.686. The van der Waals surface area contributed by atoms with E-state index >= 15 is 0 Å². The first kappa shape index (κ1) is 10.9. The van der Waals surface area contributed by atoms with Gasteiger partial charge in [-0.1, -0.05) is 0 Å². The van der Waals surface area contributed by atoms with Crippen LogP contribution >= 0.6 is 0 Å². The van der Waals surface area contributed by atoms with Gasteiger partial charge in [0.1, 0.15) is 0 Å². The lowest BCUT2D eigenvalue weighted by Gasteiger charge is -2.49. The molecule has 0 amide bonds. The average molecular weight is 213 g/mol. The summed E-state index contributed by atoms with van der Waals surface area (Å²) in [6, 6.07) is 0. The van der Waals surface area contributed by atoms with Crippen LogP contribution in [-0.2, 0) is 4.79 Å². The Morgan fingerprint density at radius 1 is 1.27 bits per heavy atom. The van der Waals surface area contributed by atoms with Crippen LogP contribution < -0.4 is 10.6 Å². The van der Waals surface area contributed by atoms with Crippen molar-refractivity contribution in [1.29, 1.82) is 0 Å². The second-order valence-corrected chi connectivity index (χ2v) is 4.49. The number of carboxylic acid groups (broad SMARTS) is 1. The van der Waals surface area contributed by atoms with Gasteiger partial charge in [0.2, 0.25) is 0 Å². The minimum Gasteiger partial charge on any atom is -0.481 e. The molecule has 0 unspecified atom stereocenters. The quantitative estimate of drug-likeness (QED) is 0.567. The molecule has 2 fully saturated rings. The summed E-state index contributed by atoms with van der Waals surface area (Å²) >= 11 is 0. The maximum Gasteiger partial charge on any atom is 0.305 e. The molecule has 2 rings (SSSR count). The molecule has 0 spiro atoms. The third-order valence-corrected chi connectivity index (χ3v) is 3.40. The zero-order chi connectivity index (χ0) is 10.7. The molecule has 2 saturated heterocycles. The molecular formula is C10H19N3O2. The summed E-state index contributed by atoms with van der Waals surface area (Å²) in [6.45, 7) is 5.64. The van der Waals surface area contributed by atoms with Crippen LogP contribution in [0.15, 0.2) is 0 Å². The molecule has 0 aliphatic carbocycles. The Kier molecular flexibility index (Phi) is 3.23. The summed E-state index contributed by atoms with van der Waals surface area (Å²) in [5.41, 5.74) is -0.113. The van der Waals surface area contributed by atoms with Gasteiger partial charge in [-0.15, -0.1) is 0 Å². The van der Waals surface area contributed by atoms with E-state index in [9.17, 15) is 4.79 Å². The average Bonchev–Trinajstić information content (AvgIpc) is 2.39. The molecular weight excluding hydrogens is 194 g/mol. The summed E-state index contributed by atoms with van der Waals surface area (Å²) < 4.78 is 0. The van der Waals surface area contributed by atoms with E-state index in [0.717, 1.165) is 45.7 Å². The number of nitrogens with zero attached hydrogens (tertiary/aromatic N) is 1. The zero-order valence-electron chi connectivity index (χ0n) is 8.96. The lowest BCUT2D eigenvalue weighted by Crippen LogP contribution is -2.70. The van der Waals surface area contributed by atoms with Crippen molar-refractivity contribution >= 4 is 5.97 Å². The molecule has 0 saturated carbocycles. The first-order valence-electron chi connectivity index (χ1n) is 5.61. The summed E-state index contributed by atoms with van der Waals surface area (Å²) in [7, 11) is 0. The van der Waals surface area contributed by atoms with Crippen LogP contribution in [0, 0.1) is 0 Å². The van der Waals surface area contributed by atoms with Crippen molar-refractivity contribution in [1.82, 2.24) is 15.5 Å². The predicted octanol–water partition coefficient (Wildman–Crippen LogP) is -0.902. The van der Waals surface area contributed by atoms with Gasteiger partial charge in [-0.25, -0.2) is 0 Å². The third kappa shape index (κ3) is 2.30. The van der Waals surface area contributed by atoms with E-state index in [1.54, 1.807) is 0 Å². The molecule has 0 radical (unpaired) electrons. The van der Waals surface area contributed by atoms with E-state index in [2.05, 4.69) is 15.5 Å². The Bertz CT molecular complexity index is 233. The standard InChI is InChI=1S/C10H19N3O2/c14-9(15)6-10(7-12-8-10)13-4-1-2-11-3-5-13/h11-12H,1-8H2,(H,14,15). The lowest BCUT2D eigenvalue weighted by atomic mass is 9.86. The second kappa shape index (κ2) is 4.47. The molecule has 2 aliphatic heterocycles. The highest BCUT2D eigenvalue weighted by atomic mass is 16.4. The number of nitrogens with one attached hydrogen (secondary N) is 2. The maximum absolute atomic E-state index is 10.9. The molecule has 0 atom stereocenters. The Balaban J connectivity index is 2.00. The van der Waals surface area contributed by atoms with Gasteiger partial charge in [0.05, 0.1) is 12.0 Å². The van der Waals surface area contributed by atoms with Crippen LogP contribution in [0.2, 0.25) is 0 Å². The van der Waals surface area contributed by atoms with Crippen molar-refractivity contribution in [2.45, 2.75) is 18.4 Å². The molecule has 5 heteroatoms. The molecule has 2 heterocycles. The summed E-state index contributed by atoms with van der Waals surface area (Å²) in [6.07, 6.45) is 1.38. The fraction of sp³-hybridized carbons (Fsp3) is 0.900. The van der Waals surface area contributed by atoms with Gasteiger partial charge in [0.15, 0.2) is 0 Å². The van der Waals surface area contributed by atoms with E-state index < -0.39 is 5.97 Å². The van der Waals surface area contributed by atoms with E-state index in [1.807, 2.05) is 0 Å². The first-order valence-corrected chi connectivity index (χ1v) is 5.61.